The summed E-state index contributed by atoms with van der Waals surface area (Å²) in [6.07, 6.45) is 3.69. The van der Waals surface area contributed by atoms with Crippen molar-refractivity contribution < 1.29 is 4.74 Å². The van der Waals surface area contributed by atoms with Gasteiger partial charge in [0, 0.05) is 24.5 Å². The molecule has 1 N–H and O–H groups in total. The SMILES string of the molecule is COc1cc(-c2nc(Nc3cccc(C#N)c3)n(C)n2)ccc1-n1cnc(C)c1. The van der Waals surface area contributed by atoms with Gasteiger partial charge in [-0.25, -0.2) is 9.67 Å². The highest BCUT2D eigenvalue weighted by molar-refractivity contribution is 5.65. The minimum absolute atomic E-state index is 0.568. The van der Waals surface area contributed by atoms with Gasteiger partial charge in [0.25, 0.3) is 0 Å². The van der Waals surface area contributed by atoms with Crippen molar-refractivity contribution in [1.82, 2.24) is 24.3 Å². The molecule has 0 unspecified atom stereocenters. The first kappa shape index (κ1) is 18.3. The third-order valence-electron chi connectivity index (χ3n) is 4.44. The molecule has 0 saturated carbocycles. The van der Waals surface area contributed by atoms with Crippen LogP contribution in [0.1, 0.15) is 11.3 Å². The highest BCUT2D eigenvalue weighted by Gasteiger charge is 2.13. The molecule has 144 valence electrons. The standard InChI is InChI=1S/C21H19N7O/c1-14-12-28(13-23-14)18-8-7-16(10-19(18)29-3)20-25-21(27(2)26-20)24-17-6-4-5-15(9-17)11-22/h4-10,12-13H,1-3H3,(H,24,25,26). The van der Waals surface area contributed by atoms with Crippen molar-refractivity contribution in [2.75, 3.05) is 12.4 Å². The van der Waals surface area contributed by atoms with Crippen LogP contribution < -0.4 is 10.1 Å². The van der Waals surface area contributed by atoms with E-state index < -0.39 is 0 Å². The van der Waals surface area contributed by atoms with Crippen LogP contribution in [0.3, 0.4) is 0 Å². The number of ether oxygens (including phenoxy) is 1. The van der Waals surface area contributed by atoms with Crippen molar-refractivity contribution in [3.05, 3.63) is 66.2 Å². The van der Waals surface area contributed by atoms with E-state index in [4.69, 9.17) is 10.00 Å². The molecule has 2 heterocycles. The van der Waals surface area contributed by atoms with E-state index in [2.05, 4.69) is 26.5 Å². The van der Waals surface area contributed by atoms with Crippen LogP contribution in [0, 0.1) is 18.3 Å². The molecule has 0 spiro atoms. The van der Waals surface area contributed by atoms with Gasteiger partial charge in [-0.1, -0.05) is 6.07 Å². The van der Waals surface area contributed by atoms with Crippen molar-refractivity contribution in [1.29, 1.82) is 5.26 Å². The fourth-order valence-electron chi connectivity index (χ4n) is 2.99. The quantitative estimate of drug-likeness (QED) is 0.564. The average Bonchev–Trinajstić information content (AvgIpc) is 3.33. The molecule has 0 fully saturated rings. The Balaban J connectivity index is 1.65. The van der Waals surface area contributed by atoms with Crippen LogP contribution in [0.5, 0.6) is 5.75 Å². The highest BCUT2D eigenvalue weighted by atomic mass is 16.5. The zero-order valence-corrected chi connectivity index (χ0v) is 16.3. The molecule has 0 aliphatic rings. The Hall–Kier alpha value is -4.12. The number of aryl methyl sites for hydroxylation is 2. The van der Waals surface area contributed by atoms with E-state index in [1.165, 1.54) is 0 Å². The lowest BCUT2D eigenvalue weighted by Crippen LogP contribution is -2.00. The molecule has 2 aromatic carbocycles. The van der Waals surface area contributed by atoms with Crippen LogP contribution in [0.15, 0.2) is 55.0 Å². The fourth-order valence-corrected chi connectivity index (χ4v) is 2.99. The van der Waals surface area contributed by atoms with E-state index in [9.17, 15) is 0 Å². The summed E-state index contributed by atoms with van der Waals surface area (Å²) in [5.41, 5.74) is 4.00. The molecule has 4 rings (SSSR count). The molecule has 0 aliphatic heterocycles. The van der Waals surface area contributed by atoms with Crippen molar-refractivity contribution in [2.45, 2.75) is 6.92 Å². The van der Waals surface area contributed by atoms with Gasteiger partial charge in [-0.3, -0.25) is 0 Å². The molecule has 8 nitrogen and oxygen atoms in total. The number of hydrogen-bond acceptors (Lipinski definition) is 6. The van der Waals surface area contributed by atoms with Crippen molar-refractivity contribution in [3.8, 4) is 28.9 Å². The van der Waals surface area contributed by atoms with E-state index in [0.29, 0.717) is 23.1 Å². The smallest absolute Gasteiger partial charge is 0.225 e. The lowest BCUT2D eigenvalue weighted by Gasteiger charge is -2.10. The molecule has 0 amide bonds. The molecule has 8 heteroatoms. The molecule has 0 aliphatic carbocycles. The molecule has 4 aromatic rings. The van der Waals surface area contributed by atoms with Crippen LogP contribution >= 0.6 is 0 Å². The molecule has 29 heavy (non-hydrogen) atoms. The van der Waals surface area contributed by atoms with Gasteiger partial charge in [0.2, 0.25) is 5.95 Å². The second-order valence-electron chi connectivity index (χ2n) is 6.51. The lowest BCUT2D eigenvalue weighted by molar-refractivity contribution is 0.413. The van der Waals surface area contributed by atoms with E-state index in [0.717, 1.165) is 22.6 Å². The van der Waals surface area contributed by atoms with E-state index in [-0.39, 0.29) is 0 Å². The third-order valence-corrected chi connectivity index (χ3v) is 4.44. The summed E-state index contributed by atoms with van der Waals surface area (Å²) < 4.78 is 9.15. The minimum atomic E-state index is 0.568. The Labute approximate surface area is 168 Å². The number of benzene rings is 2. The first-order chi connectivity index (χ1) is 14.1. The third kappa shape index (κ3) is 3.66. The zero-order valence-electron chi connectivity index (χ0n) is 16.3. The number of aromatic nitrogens is 5. The van der Waals surface area contributed by atoms with Crippen LogP contribution in [-0.2, 0) is 7.05 Å². The minimum Gasteiger partial charge on any atom is -0.495 e. The summed E-state index contributed by atoms with van der Waals surface area (Å²) in [5.74, 6) is 1.84. The molecular weight excluding hydrogens is 366 g/mol. The maximum Gasteiger partial charge on any atom is 0.225 e. The normalized spacial score (nSPS) is 10.6. The number of nitriles is 1. The van der Waals surface area contributed by atoms with E-state index >= 15 is 0 Å². The predicted octanol–water partition coefficient (Wildman–Crippen LogP) is 3.60. The van der Waals surface area contributed by atoms with Gasteiger partial charge >= 0.3 is 0 Å². The first-order valence-corrected chi connectivity index (χ1v) is 8.95. The largest absolute Gasteiger partial charge is 0.495 e. The van der Waals surface area contributed by atoms with Gasteiger partial charge in [0.05, 0.1) is 36.5 Å². The predicted molar refractivity (Wildman–Crippen MR) is 109 cm³/mol. The Morgan fingerprint density at radius 1 is 1.17 bits per heavy atom. The summed E-state index contributed by atoms with van der Waals surface area (Å²) in [7, 11) is 3.44. The number of rotatable bonds is 5. The second-order valence-corrected chi connectivity index (χ2v) is 6.51. The number of nitrogens with one attached hydrogen (secondary N) is 1. The van der Waals surface area contributed by atoms with Gasteiger partial charge in [-0.15, -0.1) is 5.10 Å². The summed E-state index contributed by atoms with van der Waals surface area (Å²) in [6.45, 7) is 1.94. The van der Waals surface area contributed by atoms with Crippen LogP contribution in [-0.4, -0.2) is 31.4 Å². The summed E-state index contributed by atoms with van der Waals surface area (Å²) in [5, 5.41) is 16.8. The number of nitrogens with zero attached hydrogens (tertiary/aromatic N) is 6. The van der Waals surface area contributed by atoms with Crippen molar-refractivity contribution in [2.24, 2.45) is 7.05 Å². The fraction of sp³-hybridized carbons (Fsp3) is 0.143. The Bertz CT molecular complexity index is 1220. The van der Waals surface area contributed by atoms with Crippen LogP contribution in [0.25, 0.3) is 17.1 Å². The molecule has 0 radical (unpaired) electrons. The van der Waals surface area contributed by atoms with Gasteiger partial charge in [-0.05, 0) is 43.3 Å². The van der Waals surface area contributed by atoms with Gasteiger partial charge in [0.1, 0.15) is 5.75 Å². The Kier molecular flexibility index (Phi) is 4.71. The summed E-state index contributed by atoms with van der Waals surface area (Å²) >= 11 is 0. The number of imidazole rings is 1. The molecule has 0 saturated heterocycles. The van der Waals surface area contributed by atoms with Crippen LogP contribution in [0.2, 0.25) is 0 Å². The number of methoxy groups -OCH3 is 1. The second kappa shape index (κ2) is 7.48. The monoisotopic (exact) mass is 385 g/mol. The van der Waals surface area contributed by atoms with Gasteiger partial charge < -0.3 is 14.6 Å². The maximum atomic E-state index is 9.06. The molecular formula is C21H19N7O. The average molecular weight is 385 g/mol. The number of hydrogen-bond donors (Lipinski definition) is 1. The Morgan fingerprint density at radius 3 is 2.76 bits per heavy atom. The molecule has 0 bridgehead atoms. The highest BCUT2D eigenvalue weighted by Crippen LogP contribution is 2.29. The number of anilines is 2. The summed E-state index contributed by atoms with van der Waals surface area (Å²) in [4.78, 5) is 8.86. The first-order valence-electron chi connectivity index (χ1n) is 8.95. The van der Waals surface area contributed by atoms with Crippen molar-refractivity contribution >= 4 is 11.6 Å². The molecule has 2 aromatic heterocycles. The maximum absolute atomic E-state index is 9.06. The van der Waals surface area contributed by atoms with E-state index in [1.54, 1.807) is 30.3 Å². The molecule has 0 atom stereocenters. The van der Waals surface area contributed by atoms with Crippen LogP contribution in [0.4, 0.5) is 11.6 Å². The van der Waals surface area contributed by atoms with Crippen molar-refractivity contribution in [3.63, 3.8) is 0 Å². The summed E-state index contributed by atoms with van der Waals surface area (Å²) in [6, 6.07) is 15.1. The zero-order chi connectivity index (χ0) is 20.4. The van der Waals surface area contributed by atoms with E-state index in [1.807, 2.05) is 55.1 Å². The lowest BCUT2D eigenvalue weighted by atomic mass is 10.1. The van der Waals surface area contributed by atoms with Gasteiger partial charge in [-0.2, -0.15) is 10.2 Å². The topological polar surface area (TPSA) is 93.6 Å². The Morgan fingerprint density at radius 2 is 2.03 bits per heavy atom. The van der Waals surface area contributed by atoms with Gasteiger partial charge in [0.15, 0.2) is 5.82 Å².